The highest BCUT2D eigenvalue weighted by Crippen LogP contribution is 2.24. The summed E-state index contributed by atoms with van der Waals surface area (Å²) in [6.45, 7) is 3.86. The first-order valence-electron chi connectivity index (χ1n) is 7.32. The third kappa shape index (κ3) is 4.80. The van der Waals surface area contributed by atoms with Crippen molar-refractivity contribution in [2.45, 2.75) is 39.2 Å². The molecule has 0 bridgehead atoms. The van der Waals surface area contributed by atoms with Gasteiger partial charge in [0.2, 0.25) is 5.91 Å². The molecule has 118 valence electrons. The second kappa shape index (κ2) is 7.35. The fraction of sp³-hybridized carbons (Fsp3) is 0.438. The van der Waals surface area contributed by atoms with Gasteiger partial charge in [0.15, 0.2) is 5.11 Å². The van der Waals surface area contributed by atoms with Gasteiger partial charge in [-0.3, -0.25) is 9.59 Å². The molecule has 0 spiro atoms. The highest BCUT2D eigenvalue weighted by atomic mass is 32.1. The summed E-state index contributed by atoms with van der Waals surface area (Å²) >= 11 is 5.10. The summed E-state index contributed by atoms with van der Waals surface area (Å²) < 4.78 is 5.07. The largest absolute Gasteiger partial charge is 0.462 e. The van der Waals surface area contributed by atoms with E-state index in [9.17, 15) is 9.59 Å². The summed E-state index contributed by atoms with van der Waals surface area (Å²) in [7, 11) is 0. The highest BCUT2D eigenvalue weighted by Gasteiger charge is 2.31. The van der Waals surface area contributed by atoms with E-state index in [0.717, 1.165) is 11.3 Å². The Hall–Kier alpha value is -1.95. The zero-order valence-electron chi connectivity index (χ0n) is 12.7. The molecule has 2 atom stereocenters. The van der Waals surface area contributed by atoms with Gasteiger partial charge >= 0.3 is 5.97 Å². The minimum absolute atomic E-state index is 0.0511. The number of esters is 1. The van der Waals surface area contributed by atoms with Gasteiger partial charge in [0.25, 0.3) is 0 Å². The van der Waals surface area contributed by atoms with Crippen molar-refractivity contribution in [1.82, 2.24) is 5.32 Å². The van der Waals surface area contributed by atoms with Crippen molar-refractivity contribution < 1.29 is 14.3 Å². The van der Waals surface area contributed by atoms with Gasteiger partial charge in [0.05, 0.1) is 12.0 Å². The molecule has 1 saturated heterocycles. The summed E-state index contributed by atoms with van der Waals surface area (Å²) in [6.07, 6.45) is 1.37. The van der Waals surface area contributed by atoms with Crippen LogP contribution in [0.25, 0.3) is 0 Å². The lowest BCUT2D eigenvalue weighted by Crippen LogP contribution is -2.34. The summed E-state index contributed by atoms with van der Waals surface area (Å²) in [5.41, 5.74) is 1.97. The van der Waals surface area contributed by atoms with Crippen molar-refractivity contribution in [3.8, 4) is 0 Å². The molecule has 1 aliphatic heterocycles. The first-order valence-corrected chi connectivity index (χ1v) is 7.73. The molecule has 0 unspecified atom stereocenters. The molecule has 1 amide bonds. The molecule has 2 rings (SSSR count). The number of hydrogen-bond acceptors (Lipinski definition) is 4. The minimum Gasteiger partial charge on any atom is -0.462 e. The lowest BCUT2D eigenvalue weighted by atomic mass is 9.99. The lowest BCUT2D eigenvalue weighted by molar-refractivity contribution is -0.143. The fourth-order valence-corrected chi connectivity index (χ4v) is 2.60. The van der Waals surface area contributed by atoms with Crippen molar-refractivity contribution in [3.63, 3.8) is 0 Å². The molecule has 22 heavy (non-hydrogen) atoms. The number of carbonyl (C=O) groups is 2. The Morgan fingerprint density at radius 1 is 1.36 bits per heavy atom. The van der Waals surface area contributed by atoms with E-state index >= 15 is 0 Å². The van der Waals surface area contributed by atoms with Crippen LogP contribution in [-0.4, -0.2) is 23.1 Å². The van der Waals surface area contributed by atoms with Crippen LogP contribution in [0, 0.1) is 12.8 Å². The molecule has 1 aliphatic rings. The third-order valence-electron chi connectivity index (χ3n) is 3.55. The van der Waals surface area contributed by atoms with Gasteiger partial charge < -0.3 is 15.4 Å². The Labute approximate surface area is 135 Å². The molecule has 0 saturated carbocycles. The number of amides is 1. The van der Waals surface area contributed by atoms with Crippen LogP contribution in [0.4, 0.5) is 5.69 Å². The first kappa shape index (κ1) is 16.4. The van der Waals surface area contributed by atoms with Gasteiger partial charge in [0.1, 0.15) is 0 Å². The van der Waals surface area contributed by atoms with Crippen molar-refractivity contribution in [3.05, 3.63) is 29.8 Å². The molecule has 0 aliphatic carbocycles. The van der Waals surface area contributed by atoms with E-state index in [2.05, 4.69) is 10.6 Å². The minimum atomic E-state index is -0.208. The molecule has 1 aromatic rings. The maximum Gasteiger partial charge on any atom is 0.309 e. The Bertz CT molecular complexity index is 571. The lowest BCUT2D eigenvalue weighted by Gasteiger charge is -2.10. The quantitative estimate of drug-likeness (QED) is 0.659. The van der Waals surface area contributed by atoms with Crippen molar-refractivity contribution in [2.24, 2.45) is 5.92 Å². The number of hydrogen-bond donors (Lipinski definition) is 2. The molecular formula is C16H20N2O3S. The molecule has 6 heteroatoms. The Kier molecular flexibility index (Phi) is 5.49. The number of rotatable bonds is 4. The average molecular weight is 320 g/mol. The maximum absolute atomic E-state index is 11.9. The first-order chi connectivity index (χ1) is 10.4. The molecule has 1 aromatic carbocycles. The molecule has 5 nitrogen and oxygen atoms in total. The Balaban J connectivity index is 1.73. The predicted molar refractivity (Wildman–Crippen MR) is 88.4 cm³/mol. The Morgan fingerprint density at radius 2 is 2.05 bits per heavy atom. The van der Waals surface area contributed by atoms with Crippen molar-refractivity contribution in [2.75, 3.05) is 5.32 Å². The van der Waals surface area contributed by atoms with Crippen LogP contribution in [0.2, 0.25) is 0 Å². The number of aryl methyl sites for hydroxylation is 1. The van der Waals surface area contributed by atoms with E-state index in [1.807, 2.05) is 38.1 Å². The normalized spacial score (nSPS) is 20.4. The van der Waals surface area contributed by atoms with E-state index < -0.39 is 0 Å². The van der Waals surface area contributed by atoms with Crippen molar-refractivity contribution in [1.29, 1.82) is 0 Å². The summed E-state index contributed by atoms with van der Waals surface area (Å²) in [5, 5.41) is 5.83. The monoisotopic (exact) mass is 320 g/mol. The summed E-state index contributed by atoms with van der Waals surface area (Å²) in [6, 6.07) is 7.70. The van der Waals surface area contributed by atoms with Crippen LogP contribution in [-0.2, 0) is 14.3 Å². The molecular weight excluding hydrogens is 300 g/mol. The number of thiocarbonyl (C=S) groups is 1. The van der Waals surface area contributed by atoms with Gasteiger partial charge in [-0.25, -0.2) is 0 Å². The fourth-order valence-electron chi connectivity index (χ4n) is 2.37. The van der Waals surface area contributed by atoms with Crippen molar-refractivity contribution >= 4 is 34.9 Å². The van der Waals surface area contributed by atoms with Gasteiger partial charge in [-0.05, 0) is 51.0 Å². The van der Waals surface area contributed by atoms with Crippen LogP contribution in [0.1, 0.15) is 31.7 Å². The van der Waals surface area contributed by atoms with Gasteiger partial charge in [-0.15, -0.1) is 0 Å². The molecule has 1 heterocycles. The average Bonchev–Trinajstić information content (AvgIpc) is 2.77. The van der Waals surface area contributed by atoms with Crippen LogP contribution in [0.3, 0.4) is 0 Å². The SMILES string of the molecule is Cc1ccc(NC(=S)NC(=O)CC[C@H]2C[C@H](C)OC2=O)cc1. The number of ether oxygens (including phenoxy) is 1. The number of benzene rings is 1. The van der Waals surface area contributed by atoms with E-state index in [1.165, 1.54) is 0 Å². The van der Waals surface area contributed by atoms with E-state index in [0.29, 0.717) is 12.8 Å². The van der Waals surface area contributed by atoms with Crippen LogP contribution in [0.5, 0.6) is 0 Å². The number of cyclic esters (lactones) is 1. The van der Waals surface area contributed by atoms with Gasteiger partial charge in [-0.1, -0.05) is 17.7 Å². The Morgan fingerprint density at radius 3 is 2.64 bits per heavy atom. The second-order valence-corrected chi connectivity index (χ2v) is 6.00. The highest BCUT2D eigenvalue weighted by molar-refractivity contribution is 7.80. The number of anilines is 1. The molecule has 0 radical (unpaired) electrons. The van der Waals surface area contributed by atoms with E-state index in [4.69, 9.17) is 17.0 Å². The molecule has 2 N–H and O–H groups in total. The van der Waals surface area contributed by atoms with Gasteiger partial charge in [-0.2, -0.15) is 0 Å². The number of nitrogens with one attached hydrogen (secondary N) is 2. The maximum atomic E-state index is 11.9. The third-order valence-corrected chi connectivity index (χ3v) is 3.75. The zero-order chi connectivity index (χ0) is 16.1. The predicted octanol–water partition coefficient (Wildman–Crippen LogP) is 2.54. The van der Waals surface area contributed by atoms with Crippen LogP contribution >= 0.6 is 12.2 Å². The van der Waals surface area contributed by atoms with E-state index in [1.54, 1.807) is 0 Å². The summed E-state index contributed by atoms with van der Waals surface area (Å²) in [5.74, 6) is -0.586. The standard InChI is InChI=1S/C16H20N2O3S/c1-10-3-6-13(7-4-10)17-16(22)18-14(19)8-5-12-9-11(2)21-15(12)20/h3-4,6-7,11-12H,5,8-9H2,1-2H3,(H2,17,18,19,22)/t11-,12-/m0/s1. The second-order valence-electron chi connectivity index (χ2n) is 5.59. The topological polar surface area (TPSA) is 67.4 Å². The summed E-state index contributed by atoms with van der Waals surface area (Å²) in [4.78, 5) is 23.3. The molecule has 1 fully saturated rings. The van der Waals surface area contributed by atoms with Gasteiger partial charge in [0, 0.05) is 12.1 Å². The smallest absolute Gasteiger partial charge is 0.309 e. The van der Waals surface area contributed by atoms with Crippen LogP contribution < -0.4 is 10.6 Å². The zero-order valence-corrected chi connectivity index (χ0v) is 13.5. The van der Waals surface area contributed by atoms with Crippen LogP contribution in [0.15, 0.2) is 24.3 Å². The van der Waals surface area contributed by atoms with E-state index in [-0.39, 0.29) is 35.4 Å². The number of carbonyl (C=O) groups excluding carboxylic acids is 2. The molecule has 0 aromatic heterocycles.